The number of fused-ring (bicyclic) bond motifs is 1. The van der Waals surface area contributed by atoms with Crippen LogP contribution in [0.25, 0.3) is 0 Å². The molecule has 1 atom stereocenters. The SMILES string of the molecule is CC(C)(C)C1Oc2ccccc2[As]1. The van der Waals surface area contributed by atoms with Gasteiger partial charge in [-0.05, 0) is 0 Å². The molecule has 1 nitrogen and oxygen atoms in total. The monoisotopic (exact) mass is 237 g/mol. The molecule has 0 aliphatic carbocycles. The van der Waals surface area contributed by atoms with E-state index in [1.54, 1.807) is 0 Å². The Balaban J connectivity index is 2.23. The molecule has 0 saturated heterocycles. The average Bonchev–Trinajstić information content (AvgIpc) is 2.45. The van der Waals surface area contributed by atoms with Gasteiger partial charge in [-0.25, -0.2) is 0 Å². The third kappa shape index (κ3) is 1.76. The van der Waals surface area contributed by atoms with Crippen LogP contribution in [0, 0.1) is 5.41 Å². The molecule has 2 rings (SSSR count). The molecule has 0 amide bonds. The number of hydrogen-bond acceptors (Lipinski definition) is 1. The molecule has 1 aliphatic heterocycles. The normalized spacial score (nSPS) is 22.8. The molecular formula is C11H14AsO. The Bertz CT molecular complexity index is 289. The maximum atomic E-state index is 5.91. The summed E-state index contributed by atoms with van der Waals surface area (Å²) in [5.74, 6) is 1.11. The van der Waals surface area contributed by atoms with Crippen molar-refractivity contribution in [2.45, 2.75) is 25.7 Å². The van der Waals surface area contributed by atoms with Crippen molar-refractivity contribution in [3.05, 3.63) is 24.3 Å². The van der Waals surface area contributed by atoms with Crippen molar-refractivity contribution in [2.24, 2.45) is 5.41 Å². The molecule has 0 N–H and O–H groups in total. The number of rotatable bonds is 0. The molecule has 1 unspecified atom stereocenters. The molecule has 69 valence electrons. The molecule has 13 heavy (non-hydrogen) atoms. The van der Waals surface area contributed by atoms with Crippen LogP contribution in [0.5, 0.6) is 5.75 Å². The first-order chi connectivity index (χ1) is 6.07. The van der Waals surface area contributed by atoms with E-state index in [4.69, 9.17) is 4.74 Å². The summed E-state index contributed by atoms with van der Waals surface area (Å²) in [7, 11) is 0. The van der Waals surface area contributed by atoms with E-state index in [9.17, 15) is 0 Å². The zero-order chi connectivity index (χ0) is 9.47. The zero-order valence-electron chi connectivity index (χ0n) is 8.24. The van der Waals surface area contributed by atoms with Gasteiger partial charge in [-0.3, -0.25) is 0 Å². The van der Waals surface area contributed by atoms with Crippen molar-refractivity contribution in [1.82, 2.24) is 0 Å². The first-order valence-electron chi connectivity index (χ1n) is 4.54. The Hall–Kier alpha value is -0.422. The van der Waals surface area contributed by atoms with Crippen molar-refractivity contribution < 1.29 is 4.74 Å². The van der Waals surface area contributed by atoms with Gasteiger partial charge >= 0.3 is 85.9 Å². The van der Waals surface area contributed by atoms with E-state index in [-0.39, 0.29) is 21.2 Å². The third-order valence-corrected chi connectivity index (χ3v) is 5.80. The molecule has 1 heterocycles. The van der Waals surface area contributed by atoms with Gasteiger partial charge < -0.3 is 0 Å². The fourth-order valence-corrected chi connectivity index (χ4v) is 3.89. The second kappa shape index (κ2) is 3.06. The Morgan fingerprint density at radius 3 is 2.54 bits per heavy atom. The van der Waals surface area contributed by atoms with Gasteiger partial charge in [0.1, 0.15) is 0 Å². The minimum absolute atomic E-state index is 0.194. The summed E-state index contributed by atoms with van der Waals surface area (Å²) < 4.78 is 7.36. The van der Waals surface area contributed by atoms with Crippen LogP contribution in [-0.4, -0.2) is 20.6 Å². The van der Waals surface area contributed by atoms with Crippen LogP contribution in [0.4, 0.5) is 0 Å². The summed E-state index contributed by atoms with van der Waals surface area (Å²) in [4.78, 5) is 0.432. The number of ether oxygens (including phenoxy) is 1. The van der Waals surface area contributed by atoms with Crippen molar-refractivity contribution in [3.63, 3.8) is 0 Å². The number of hydrogen-bond donors (Lipinski definition) is 0. The summed E-state index contributed by atoms with van der Waals surface area (Å²) in [6, 6.07) is 8.42. The molecule has 1 aromatic carbocycles. The minimum atomic E-state index is 0.194. The number of para-hydroxylation sites is 1. The molecular weight excluding hydrogens is 223 g/mol. The molecule has 1 radical (unpaired) electrons. The zero-order valence-corrected chi connectivity index (χ0v) is 10.1. The van der Waals surface area contributed by atoms with Crippen molar-refractivity contribution in [1.29, 1.82) is 0 Å². The van der Waals surface area contributed by atoms with Crippen molar-refractivity contribution in [2.75, 3.05) is 0 Å². The quantitative estimate of drug-likeness (QED) is 0.625. The Morgan fingerprint density at radius 1 is 1.23 bits per heavy atom. The number of benzene rings is 1. The fraction of sp³-hybridized carbons (Fsp3) is 0.455. The van der Waals surface area contributed by atoms with Crippen LogP contribution in [0.2, 0.25) is 0 Å². The van der Waals surface area contributed by atoms with Gasteiger partial charge in [0.2, 0.25) is 0 Å². The van der Waals surface area contributed by atoms with Crippen LogP contribution < -0.4 is 9.09 Å². The third-order valence-electron chi connectivity index (χ3n) is 2.10. The van der Waals surface area contributed by atoms with Crippen molar-refractivity contribution >= 4 is 20.1 Å². The summed E-state index contributed by atoms with van der Waals surface area (Å²) in [5.41, 5.74) is 0.277. The Kier molecular flexibility index (Phi) is 2.15. The van der Waals surface area contributed by atoms with Crippen LogP contribution in [-0.2, 0) is 0 Å². The standard InChI is InChI=1S/C11H14AsO/c1-11(2,3)10-12-8-6-4-5-7-9(8)13-10/h4-7,10H,1-3H3. The molecule has 0 fully saturated rings. The molecule has 2 heteroatoms. The van der Waals surface area contributed by atoms with Gasteiger partial charge in [-0.15, -0.1) is 0 Å². The van der Waals surface area contributed by atoms with Gasteiger partial charge in [0, 0.05) is 0 Å². The first-order valence-corrected chi connectivity index (χ1v) is 6.56. The van der Waals surface area contributed by atoms with E-state index >= 15 is 0 Å². The van der Waals surface area contributed by atoms with Gasteiger partial charge in [-0.2, -0.15) is 0 Å². The average molecular weight is 237 g/mol. The van der Waals surface area contributed by atoms with Crippen LogP contribution in [0.1, 0.15) is 20.8 Å². The van der Waals surface area contributed by atoms with E-state index in [0.29, 0.717) is 4.89 Å². The second-order valence-electron chi connectivity index (χ2n) is 4.43. The van der Waals surface area contributed by atoms with E-state index < -0.39 is 0 Å². The first kappa shape index (κ1) is 9.15. The second-order valence-corrected chi connectivity index (χ2v) is 6.97. The van der Waals surface area contributed by atoms with Crippen LogP contribution in [0.3, 0.4) is 0 Å². The molecule has 1 aromatic rings. The van der Waals surface area contributed by atoms with Gasteiger partial charge in [0.05, 0.1) is 0 Å². The van der Waals surface area contributed by atoms with E-state index in [2.05, 4.69) is 39.0 Å². The fourth-order valence-electron chi connectivity index (χ4n) is 1.31. The van der Waals surface area contributed by atoms with E-state index in [0.717, 1.165) is 5.75 Å². The van der Waals surface area contributed by atoms with Crippen LogP contribution in [0.15, 0.2) is 24.3 Å². The van der Waals surface area contributed by atoms with Gasteiger partial charge in [-0.1, -0.05) is 0 Å². The molecule has 0 aromatic heterocycles. The van der Waals surface area contributed by atoms with E-state index in [1.165, 1.54) is 4.35 Å². The summed E-state index contributed by atoms with van der Waals surface area (Å²) >= 11 is 0.194. The summed E-state index contributed by atoms with van der Waals surface area (Å²) in [5, 5.41) is 0. The summed E-state index contributed by atoms with van der Waals surface area (Å²) in [6.45, 7) is 6.75. The van der Waals surface area contributed by atoms with Crippen LogP contribution >= 0.6 is 0 Å². The van der Waals surface area contributed by atoms with Gasteiger partial charge in [0.25, 0.3) is 0 Å². The predicted octanol–water partition coefficient (Wildman–Crippen LogP) is 1.78. The van der Waals surface area contributed by atoms with E-state index in [1.807, 2.05) is 6.07 Å². The topological polar surface area (TPSA) is 9.23 Å². The molecule has 0 spiro atoms. The molecule has 0 saturated carbocycles. The molecule has 1 aliphatic rings. The summed E-state index contributed by atoms with van der Waals surface area (Å²) in [6.07, 6.45) is 0. The molecule has 0 bridgehead atoms. The van der Waals surface area contributed by atoms with Gasteiger partial charge in [0.15, 0.2) is 0 Å². The Morgan fingerprint density at radius 2 is 1.92 bits per heavy atom. The van der Waals surface area contributed by atoms with Crippen molar-refractivity contribution in [3.8, 4) is 5.75 Å². The predicted molar refractivity (Wildman–Crippen MR) is 55.7 cm³/mol. The maximum absolute atomic E-state index is 5.91. The Labute approximate surface area is 86.2 Å².